The zero-order valence-electron chi connectivity index (χ0n) is 30.9. The van der Waals surface area contributed by atoms with Crippen molar-refractivity contribution >= 4 is 75.7 Å². The lowest BCUT2D eigenvalue weighted by Gasteiger charge is -2.18. The van der Waals surface area contributed by atoms with Crippen LogP contribution < -0.4 is 0 Å². The third kappa shape index (κ3) is 4.64. The van der Waals surface area contributed by atoms with Gasteiger partial charge in [-0.05, 0) is 136 Å². The van der Waals surface area contributed by atoms with Crippen molar-refractivity contribution < 1.29 is 0 Å². The molecule has 0 saturated heterocycles. The Morgan fingerprint density at radius 2 is 0.825 bits per heavy atom. The Bertz CT molecular complexity index is 3620. The summed E-state index contributed by atoms with van der Waals surface area (Å²) in [6, 6.07) is 72.9. The summed E-state index contributed by atoms with van der Waals surface area (Å²) in [6.07, 6.45) is 0. The van der Waals surface area contributed by atoms with E-state index in [1.54, 1.807) is 0 Å². The second-order valence-electron chi connectivity index (χ2n) is 15.1. The van der Waals surface area contributed by atoms with Gasteiger partial charge in [-0.2, -0.15) is 5.26 Å². The Morgan fingerprint density at radius 3 is 1.47 bits per heavy atom. The van der Waals surface area contributed by atoms with Crippen LogP contribution in [-0.2, 0) is 0 Å². The van der Waals surface area contributed by atoms with Gasteiger partial charge in [-0.25, -0.2) is 0 Å². The lowest BCUT2D eigenvalue weighted by atomic mass is 9.85. The molecule has 0 unspecified atom stereocenters. The molecule has 0 saturated carbocycles. The first kappa shape index (κ1) is 31.6. The summed E-state index contributed by atoms with van der Waals surface area (Å²) < 4.78 is 2.33. The van der Waals surface area contributed by atoms with E-state index in [4.69, 9.17) is 0 Å². The van der Waals surface area contributed by atoms with E-state index in [0.717, 1.165) is 27.7 Å². The summed E-state index contributed by atoms with van der Waals surface area (Å²) in [5.41, 5.74) is 11.2. The number of benzene rings is 11. The Labute approximate surface area is 329 Å². The Morgan fingerprint density at radius 1 is 0.333 bits per heavy atom. The number of fused-ring (bicyclic) bond motifs is 6. The molecule has 262 valence electrons. The summed E-state index contributed by atoms with van der Waals surface area (Å²) in [6.45, 7) is 0. The van der Waals surface area contributed by atoms with E-state index in [9.17, 15) is 5.26 Å². The molecule has 0 amide bonds. The van der Waals surface area contributed by atoms with Gasteiger partial charge in [0.25, 0.3) is 0 Å². The summed E-state index contributed by atoms with van der Waals surface area (Å²) in [5.74, 6) is 0. The fourth-order valence-electron chi connectivity index (χ4n) is 9.66. The highest BCUT2D eigenvalue weighted by Crippen LogP contribution is 2.46. The fourth-order valence-corrected chi connectivity index (χ4v) is 9.66. The lowest BCUT2D eigenvalue weighted by Crippen LogP contribution is -1.94. The average molecular weight is 721 g/mol. The minimum Gasteiger partial charge on any atom is -0.309 e. The van der Waals surface area contributed by atoms with Gasteiger partial charge in [0.05, 0.1) is 22.7 Å². The van der Waals surface area contributed by atoms with Crippen LogP contribution in [0.2, 0.25) is 0 Å². The average Bonchev–Trinajstić information content (AvgIpc) is 3.62. The number of hydrogen-bond acceptors (Lipinski definition) is 1. The third-order valence-corrected chi connectivity index (χ3v) is 12.1. The molecule has 0 bridgehead atoms. The van der Waals surface area contributed by atoms with Crippen molar-refractivity contribution in [2.45, 2.75) is 0 Å². The monoisotopic (exact) mass is 720 g/mol. The molecule has 0 fully saturated rings. The number of nitriles is 1. The van der Waals surface area contributed by atoms with Gasteiger partial charge < -0.3 is 4.57 Å². The highest BCUT2D eigenvalue weighted by atomic mass is 15.0. The molecule has 0 spiro atoms. The van der Waals surface area contributed by atoms with E-state index >= 15 is 0 Å². The van der Waals surface area contributed by atoms with Crippen LogP contribution in [0.1, 0.15) is 5.56 Å². The minimum absolute atomic E-state index is 0.665. The summed E-state index contributed by atoms with van der Waals surface area (Å²) in [7, 11) is 0. The van der Waals surface area contributed by atoms with Gasteiger partial charge in [0.2, 0.25) is 0 Å². The molecule has 0 aliphatic carbocycles. The zero-order valence-corrected chi connectivity index (χ0v) is 30.9. The van der Waals surface area contributed by atoms with Crippen LogP contribution in [0.25, 0.3) is 115 Å². The van der Waals surface area contributed by atoms with Gasteiger partial charge in [0.15, 0.2) is 0 Å². The van der Waals surface area contributed by atoms with E-state index in [1.165, 1.54) is 87.1 Å². The normalized spacial score (nSPS) is 11.8. The Kier molecular flexibility index (Phi) is 6.73. The number of aromatic nitrogens is 1. The van der Waals surface area contributed by atoms with Crippen LogP contribution >= 0.6 is 0 Å². The molecule has 11 aromatic carbocycles. The van der Waals surface area contributed by atoms with Crippen molar-refractivity contribution in [3.05, 3.63) is 200 Å². The van der Waals surface area contributed by atoms with Crippen LogP contribution in [-0.4, -0.2) is 4.57 Å². The standard InChI is InChI=1S/C55H32N2/c56-33-34-27-36-23-24-37-29-38(30-53-55(37)54(36)52(28-34)57(53)39-15-5-2-6-16-39)40-25-26-47(42-18-8-7-17-41(40)42)49-32-51-44-20-10-9-19-43(44)48(35-13-3-1-4-14-35)31-50(51)46-22-12-11-21-45(46)49/h1-32H. The van der Waals surface area contributed by atoms with Gasteiger partial charge in [-0.1, -0.05) is 146 Å². The molecule has 1 heterocycles. The van der Waals surface area contributed by atoms with Crippen molar-refractivity contribution in [3.63, 3.8) is 0 Å². The van der Waals surface area contributed by atoms with E-state index in [1.807, 2.05) is 12.1 Å². The molecule has 2 heteroatoms. The maximum atomic E-state index is 9.99. The van der Waals surface area contributed by atoms with Crippen LogP contribution in [0.4, 0.5) is 0 Å². The van der Waals surface area contributed by atoms with Gasteiger partial charge in [-0.15, -0.1) is 0 Å². The number of rotatable bonds is 4. The summed E-state index contributed by atoms with van der Waals surface area (Å²) in [5, 5.41) is 24.7. The maximum Gasteiger partial charge on any atom is 0.0992 e. The van der Waals surface area contributed by atoms with Gasteiger partial charge in [0.1, 0.15) is 0 Å². The van der Waals surface area contributed by atoms with Crippen LogP contribution in [0.3, 0.4) is 0 Å². The second-order valence-corrected chi connectivity index (χ2v) is 15.1. The summed E-state index contributed by atoms with van der Waals surface area (Å²) in [4.78, 5) is 0. The second kappa shape index (κ2) is 12.1. The lowest BCUT2D eigenvalue weighted by molar-refractivity contribution is 1.18. The number of para-hydroxylation sites is 1. The van der Waals surface area contributed by atoms with Crippen molar-refractivity contribution in [2.24, 2.45) is 0 Å². The molecule has 0 atom stereocenters. The van der Waals surface area contributed by atoms with E-state index < -0.39 is 0 Å². The molecule has 2 nitrogen and oxygen atoms in total. The smallest absolute Gasteiger partial charge is 0.0992 e. The maximum absolute atomic E-state index is 9.99. The predicted molar refractivity (Wildman–Crippen MR) is 241 cm³/mol. The first-order valence-electron chi connectivity index (χ1n) is 19.5. The quantitative estimate of drug-likeness (QED) is 0.166. The third-order valence-electron chi connectivity index (χ3n) is 12.1. The Hall–Kier alpha value is -7.73. The van der Waals surface area contributed by atoms with Crippen LogP contribution in [0.5, 0.6) is 0 Å². The SMILES string of the molecule is N#Cc1cc2ccc3cc(-c4ccc(-c5cc6c7ccccc7c(-c7ccccc7)cc6c6ccccc56)c5ccccc45)cc4c3c2c(c1)n4-c1ccccc1. The molecule has 12 aromatic rings. The first-order valence-corrected chi connectivity index (χ1v) is 19.5. The summed E-state index contributed by atoms with van der Waals surface area (Å²) >= 11 is 0. The zero-order chi connectivity index (χ0) is 37.6. The predicted octanol–water partition coefficient (Wildman–Crippen LogP) is 14.9. The van der Waals surface area contributed by atoms with Crippen molar-refractivity contribution in [1.82, 2.24) is 4.57 Å². The molecule has 57 heavy (non-hydrogen) atoms. The van der Waals surface area contributed by atoms with Crippen molar-refractivity contribution in [2.75, 3.05) is 0 Å². The molecule has 1 aromatic heterocycles. The highest BCUT2D eigenvalue weighted by Gasteiger charge is 2.21. The molecular weight excluding hydrogens is 689 g/mol. The van der Waals surface area contributed by atoms with Gasteiger partial charge in [-0.3, -0.25) is 0 Å². The molecule has 0 aliphatic rings. The van der Waals surface area contributed by atoms with Crippen LogP contribution in [0, 0.1) is 11.3 Å². The van der Waals surface area contributed by atoms with Crippen molar-refractivity contribution in [3.8, 4) is 45.1 Å². The molecule has 12 rings (SSSR count). The topological polar surface area (TPSA) is 28.7 Å². The number of hydrogen-bond donors (Lipinski definition) is 0. The Balaban J connectivity index is 1.12. The number of nitrogens with zero attached hydrogens (tertiary/aromatic N) is 2. The molecular formula is C55H32N2. The van der Waals surface area contributed by atoms with Gasteiger partial charge >= 0.3 is 0 Å². The van der Waals surface area contributed by atoms with E-state index in [2.05, 4.69) is 193 Å². The van der Waals surface area contributed by atoms with Gasteiger partial charge in [0, 0.05) is 16.5 Å². The van der Waals surface area contributed by atoms with E-state index in [0.29, 0.717) is 5.56 Å². The highest BCUT2D eigenvalue weighted by molar-refractivity contribution is 6.27. The van der Waals surface area contributed by atoms with Crippen LogP contribution in [0.15, 0.2) is 194 Å². The van der Waals surface area contributed by atoms with E-state index in [-0.39, 0.29) is 0 Å². The minimum atomic E-state index is 0.665. The molecule has 0 radical (unpaired) electrons. The molecule has 0 aliphatic heterocycles. The fraction of sp³-hybridized carbons (Fsp3) is 0. The largest absolute Gasteiger partial charge is 0.309 e. The van der Waals surface area contributed by atoms with Crippen molar-refractivity contribution in [1.29, 1.82) is 5.26 Å². The first-order chi connectivity index (χ1) is 28.2. The molecule has 0 N–H and O–H groups in total.